The number of hydrogen-bond donors (Lipinski definition) is 1. The van der Waals surface area contributed by atoms with Crippen LogP contribution < -0.4 is 9.46 Å². The Morgan fingerprint density at radius 3 is 2.85 bits per heavy atom. The van der Waals surface area contributed by atoms with Crippen molar-refractivity contribution in [3.63, 3.8) is 0 Å². The molecule has 1 aromatic rings. The van der Waals surface area contributed by atoms with Crippen molar-refractivity contribution in [3.8, 4) is 5.88 Å². The molecule has 1 aliphatic rings. The summed E-state index contributed by atoms with van der Waals surface area (Å²) in [4.78, 5) is 18.0. The summed E-state index contributed by atoms with van der Waals surface area (Å²) < 4.78 is 49.4. The lowest BCUT2D eigenvalue weighted by molar-refractivity contribution is -0.139. The van der Waals surface area contributed by atoms with Gasteiger partial charge >= 0.3 is 0 Å². The summed E-state index contributed by atoms with van der Waals surface area (Å²) in [6.07, 6.45) is 3.38. The van der Waals surface area contributed by atoms with E-state index >= 15 is 0 Å². The zero-order valence-electron chi connectivity index (χ0n) is 15.1. The summed E-state index contributed by atoms with van der Waals surface area (Å²) >= 11 is 0. The van der Waals surface area contributed by atoms with Crippen LogP contribution in [0.15, 0.2) is 12.3 Å². The molecule has 0 spiro atoms. The minimum Gasteiger partial charge on any atom is -0.467 e. The lowest BCUT2D eigenvalue weighted by atomic mass is 9.97. The van der Waals surface area contributed by atoms with Crippen LogP contribution in [0, 0.1) is 12.7 Å². The first-order valence-electron chi connectivity index (χ1n) is 8.22. The number of pyridine rings is 1. The van der Waals surface area contributed by atoms with Crippen LogP contribution >= 0.6 is 0 Å². The normalized spacial score (nSPS) is 20.8. The number of rotatable bonds is 7. The lowest BCUT2D eigenvalue weighted by Gasteiger charge is -2.40. The number of aromatic nitrogens is 1. The molecule has 10 heteroatoms. The molecule has 0 radical (unpaired) electrons. The van der Waals surface area contributed by atoms with Crippen LogP contribution in [0.5, 0.6) is 5.88 Å². The highest BCUT2D eigenvalue weighted by molar-refractivity contribution is 7.88. The minimum absolute atomic E-state index is 0.186. The van der Waals surface area contributed by atoms with Crippen molar-refractivity contribution in [1.29, 1.82) is 0 Å². The molecule has 146 valence electrons. The Hall–Kier alpha value is -1.78. The number of piperidine rings is 1. The van der Waals surface area contributed by atoms with E-state index in [4.69, 9.17) is 9.47 Å². The number of aryl methyl sites for hydroxylation is 1. The molecule has 2 heterocycles. The molecule has 8 nitrogen and oxygen atoms in total. The molecule has 1 saturated heterocycles. The van der Waals surface area contributed by atoms with Crippen molar-refractivity contribution in [3.05, 3.63) is 23.6 Å². The predicted octanol–water partition coefficient (Wildman–Crippen LogP) is 0.463. The Labute approximate surface area is 152 Å². The van der Waals surface area contributed by atoms with Gasteiger partial charge in [-0.25, -0.2) is 22.5 Å². The highest BCUT2D eigenvalue weighted by Gasteiger charge is 2.35. The summed E-state index contributed by atoms with van der Waals surface area (Å²) in [5.41, 5.74) is 0.488. The molecule has 1 unspecified atom stereocenters. The van der Waals surface area contributed by atoms with E-state index in [1.807, 2.05) is 0 Å². The molecule has 0 aliphatic carbocycles. The Morgan fingerprint density at radius 1 is 1.50 bits per heavy atom. The van der Waals surface area contributed by atoms with E-state index in [-0.39, 0.29) is 25.0 Å². The number of nitrogens with one attached hydrogen (secondary N) is 1. The third-order valence-corrected chi connectivity index (χ3v) is 4.86. The Balaban J connectivity index is 2.06. The van der Waals surface area contributed by atoms with Crippen molar-refractivity contribution in [2.24, 2.45) is 0 Å². The molecule has 1 aromatic heterocycles. The molecule has 2 atom stereocenters. The quantitative estimate of drug-likeness (QED) is 0.728. The molecule has 0 bridgehead atoms. The van der Waals surface area contributed by atoms with Gasteiger partial charge in [-0.15, -0.1) is 0 Å². The molecule has 26 heavy (non-hydrogen) atoms. The number of nitrogens with zero attached hydrogens (tertiary/aromatic N) is 2. The summed E-state index contributed by atoms with van der Waals surface area (Å²) in [6, 6.07) is 0.420. The van der Waals surface area contributed by atoms with Gasteiger partial charge < -0.3 is 14.4 Å². The van der Waals surface area contributed by atoms with Gasteiger partial charge in [0, 0.05) is 25.3 Å². The number of ether oxygens (including phenoxy) is 2. The molecule has 0 saturated carbocycles. The van der Waals surface area contributed by atoms with E-state index < -0.39 is 27.9 Å². The third kappa shape index (κ3) is 5.61. The Morgan fingerprint density at radius 2 is 2.23 bits per heavy atom. The summed E-state index contributed by atoms with van der Waals surface area (Å²) in [6.45, 7) is 2.04. The van der Waals surface area contributed by atoms with Crippen molar-refractivity contribution in [1.82, 2.24) is 14.6 Å². The van der Waals surface area contributed by atoms with Crippen LogP contribution in [-0.2, 0) is 19.6 Å². The van der Waals surface area contributed by atoms with E-state index in [1.165, 1.54) is 13.2 Å². The number of methoxy groups -OCH3 is 1. The van der Waals surface area contributed by atoms with Gasteiger partial charge in [-0.1, -0.05) is 0 Å². The van der Waals surface area contributed by atoms with E-state index in [0.717, 1.165) is 12.5 Å². The molecular weight excluding hydrogens is 365 g/mol. The van der Waals surface area contributed by atoms with Crippen LogP contribution in [0.25, 0.3) is 0 Å². The van der Waals surface area contributed by atoms with E-state index in [0.29, 0.717) is 24.9 Å². The second kappa shape index (κ2) is 8.74. The topological polar surface area (TPSA) is 97.8 Å². The smallest absolute Gasteiger partial charge is 0.260 e. The first kappa shape index (κ1) is 20.5. The minimum atomic E-state index is -3.41. The van der Waals surface area contributed by atoms with Gasteiger partial charge in [-0.05, 0) is 25.8 Å². The molecule has 0 aromatic carbocycles. The van der Waals surface area contributed by atoms with Gasteiger partial charge in [-0.2, -0.15) is 0 Å². The average molecular weight is 389 g/mol. The first-order chi connectivity index (χ1) is 12.2. The standard InChI is InChI=1S/C16H24FN3O5S/c1-11-7-12(17)8-18-16(11)25-10-15(21)20-6-4-5-13(14(20)9-24-2)19-26(3,22)23/h7-8,13-14,19H,4-6,9-10H2,1-3H3/t13?,14-/m0/s1. The summed E-state index contributed by atoms with van der Waals surface area (Å²) in [7, 11) is -1.91. The monoisotopic (exact) mass is 389 g/mol. The number of hydrogen-bond acceptors (Lipinski definition) is 6. The Kier molecular flexibility index (Phi) is 6.90. The SMILES string of the molecule is COC[C@H]1C(NS(C)(=O)=O)CCCN1C(=O)COc1ncc(F)cc1C. The maximum atomic E-state index is 13.1. The number of amides is 1. The van der Waals surface area contributed by atoms with Gasteiger partial charge in [0.25, 0.3) is 5.91 Å². The van der Waals surface area contributed by atoms with Crippen LogP contribution in [0.1, 0.15) is 18.4 Å². The number of carbonyl (C=O) groups is 1. The van der Waals surface area contributed by atoms with Gasteiger partial charge in [0.05, 0.1) is 25.1 Å². The van der Waals surface area contributed by atoms with Crippen molar-refractivity contribution in [2.75, 3.05) is 33.1 Å². The third-order valence-electron chi connectivity index (χ3n) is 4.13. The second-order valence-corrected chi connectivity index (χ2v) is 8.09. The van der Waals surface area contributed by atoms with E-state index in [2.05, 4.69) is 9.71 Å². The summed E-state index contributed by atoms with van der Waals surface area (Å²) in [5, 5.41) is 0. The predicted molar refractivity (Wildman–Crippen MR) is 92.8 cm³/mol. The van der Waals surface area contributed by atoms with Crippen LogP contribution in [0.3, 0.4) is 0 Å². The first-order valence-corrected chi connectivity index (χ1v) is 10.1. The number of sulfonamides is 1. The number of halogens is 1. The molecular formula is C16H24FN3O5S. The Bertz CT molecular complexity index is 743. The van der Waals surface area contributed by atoms with Crippen molar-refractivity contribution in [2.45, 2.75) is 31.8 Å². The highest BCUT2D eigenvalue weighted by atomic mass is 32.2. The van der Waals surface area contributed by atoms with Crippen molar-refractivity contribution < 1.29 is 27.1 Å². The second-order valence-electron chi connectivity index (χ2n) is 6.31. The lowest BCUT2D eigenvalue weighted by Crippen LogP contribution is -2.59. The molecule has 1 N–H and O–H groups in total. The zero-order chi connectivity index (χ0) is 19.3. The summed E-state index contributed by atoms with van der Waals surface area (Å²) in [5.74, 6) is -0.601. The fourth-order valence-corrected chi connectivity index (χ4v) is 3.87. The number of carbonyl (C=O) groups excluding carboxylic acids is 1. The van der Waals surface area contributed by atoms with Gasteiger partial charge in [-0.3, -0.25) is 4.79 Å². The molecule has 1 fully saturated rings. The maximum Gasteiger partial charge on any atom is 0.260 e. The highest BCUT2D eigenvalue weighted by Crippen LogP contribution is 2.20. The van der Waals surface area contributed by atoms with Crippen molar-refractivity contribution >= 4 is 15.9 Å². The van der Waals surface area contributed by atoms with Gasteiger partial charge in [0.1, 0.15) is 5.82 Å². The van der Waals surface area contributed by atoms with Gasteiger partial charge in [0.2, 0.25) is 15.9 Å². The fourth-order valence-electron chi connectivity index (χ4n) is 3.05. The van der Waals surface area contributed by atoms with Crippen LogP contribution in [-0.4, -0.2) is 69.4 Å². The average Bonchev–Trinajstić information content (AvgIpc) is 2.54. The van der Waals surface area contributed by atoms with E-state index in [1.54, 1.807) is 11.8 Å². The molecule has 2 rings (SSSR count). The van der Waals surface area contributed by atoms with Crippen LogP contribution in [0.4, 0.5) is 4.39 Å². The molecule has 1 aliphatic heterocycles. The van der Waals surface area contributed by atoms with E-state index in [9.17, 15) is 17.6 Å². The van der Waals surface area contributed by atoms with Gasteiger partial charge in [0.15, 0.2) is 6.61 Å². The van der Waals surface area contributed by atoms with Crippen LogP contribution in [0.2, 0.25) is 0 Å². The zero-order valence-corrected chi connectivity index (χ0v) is 15.9. The maximum absolute atomic E-state index is 13.1. The fraction of sp³-hybridized carbons (Fsp3) is 0.625. The number of likely N-dealkylation sites (tertiary alicyclic amines) is 1. The largest absolute Gasteiger partial charge is 0.467 e. The molecule has 1 amide bonds.